The van der Waals surface area contributed by atoms with Gasteiger partial charge in [0.1, 0.15) is 5.75 Å². The van der Waals surface area contributed by atoms with Crippen molar-refractivity contribution in [3.05, 3.63) is 23.5 Å². The number of methoxy groups -OCH3 is 1. The molecule has 1 aromatic rings. The molecule has 0 amide bonds. The van der Waals surface area contributed by atoms with Crippen molar-refractivity contribution < 1.29 is 4.74 Å². The highest BCUT2D eigenvalue weighted by Gasteiger charge is 2.22. The Balaban J connectivity index is 2.09. The third kappa shape index (κ3) is 4.08. The molecule has 1 saturated carbocycles. The van der Waals surface area contributed by atoms with Gasteiger partial charge in [-0.2, -0.15) is 0 Å². The summed E-state index contributed by atoms with van der Waals surface area (Å²) in [6, 6.07) is 4.67. The number of nitrogens with zero attached hydrogens (tertiary/aromatic N) is 2. The van der Waals surface area contributed by atoms with E-state index in [0.717, 1.165) is 30.2 Å². The summed E-state index contributed by atoms with van der Waals surface area (Å²) in [4.78, 5) is 7.08. The van der Waals surface area contributed by atoms with Crippen LogP contribution in [0.3, 0.4) is 0 Å². The number of aryl methyl sites for hydroxylation is 1. The second-order valence-electron chi connectivity index (χ2n) is 5.24. The molecular formula is C15H23ClN2O. The topological polar surface area (TPSA) is 25.4 Å². The summed E-state index contributed by atoms with van der Waals surface area (Å²) < 4.78 is 5.32. The van der Waals surface area contributed by atoms with E-state index in [-0.39, 0.29) is 0 Å². The fourth-order valence-electron chi connectivity index (χ4n) is 2.88. The largest absolute Gasteiger partial charge is 0.497 e. The predicted molar refractivity (Wildman–Crippen MR) is 78.9 cm³/mol. The predicted octanol–water partition coefficient (Wildman–Crippen LogP) is 3.38. The van der Waals surface area contributed by atoms with Gasteiger partial charge in [-0.05, 0) is 19.8 Å². The smallest absolute Gasteiger partial charge is 0.122 e. The van der Waals surface area contributed by atoms with Crippen LogP contribution in [-0.4, -0.2) is 35.5 Å². The summed E-state index contributed by atoms with van der Waals surface area (Å²) in [5.41, 5.74) is 2.08. The van der Waals surface area contributed by atoms with Gasteiger partial charge in [-0.25, -0.2) is 0 Å². The van der Waals surface area contributed by atoms with Gasteiger partial charge in [0, 0.05) is 42.8 Å². The van der Waals surface area contributed by atoms with Gasteiger partial charge in [-0.1, -0.05) is 12.8 Å². The highest BCUT2D eigenvalue weighted by molar-refractivity contribution is 6.18. The number of pyridine rings is 1. The summed E-state index contributed by atoms with van der Waals surface area (Å²) in [6.45, 7) is 3.81. The second kappa shape index (κ2) is 7.11. The van der Waals surface area contributed by atoms with Crippen molar-refractivity contribution in [2.75, 3.05) is 19.5 Å². The van der Waals surface area contributed by atoms with Crippen LogP contribution in [0, 0.1) is 6.92 Å². The number of halogens is 1. The molecule has 1 aliphatic rings. The van der Waals surface area contributed by atoms with E-state index >= 15 is 0 Å². The Morgan fingerprint density at radius 2 is 2.11 bits per heavy atom. The van der Waals surface area contributed by atoms with Crippen molar-refractivity contribution in [2.24, 2.45) is 0 Å². The number of hydrogen-bond donors (Lipinski definition) is 0. The Morgan fingerprint density at radius 3 is 2.74 bits per heavy atom. The highest BCUT2D eigenvalue weighted by atomic mass is 35.5. The lowest BCUT2D eigenvalue weighted by molar-refractivity contribution is 0.199. The Hall–Kier alpha value is -0.800. The maximum atomic E-state index is 5.94. The lowest BCUT2D eigenvalue weighted by Crippen LogP contribution is -2.34. The first kappa shape index (κ1) is 14.6. The summed E-state index contributed by atoms with van der Waals surface area (Å²) in [6.07, 6.45) is 5.27. The molecule has 0 N–H and O–H groups in total. The highest BCUT2D eigenvalue weighted by Crippen LogP contribution is 2.25. The molecule has 106 valence electrons. The molecule has 1 heterocycles. The standard InChI is InChI=1S/C15H23ClN2O/c1-12-9-15(19-2)10-13(17-12)11-18(8-7-16)14-5-3-4-6-14/h9-10,14H,3-8,11H2,1-2H3. The molecule has 3 nitrogen and oxygen atoms in total. The average Bonchev–Trinajstić information content (AvgIpc) is 2.91. The average molecular weight is 283 g/mol. The van der Waals surface area contributed by atoms with Gasteiger partial charge in [0.2, 0.25) is 0 Å². The first-order chi connectivity index (χ1) is 9.22. The van der Waals surface area contributed by atoms with E-state index in [1.807, 2.05) is 19.1 Å². The van der Waals surface area contributed by atoms with Crippen molar-refractivity contribution >= 4 is 11.6 Å². The van der Waals surface area contributed by atoms with Crippen LogP contribution >= 0.6 is 11.6 Å². The van der Waals surface area contributed by atoms with Crippen molar-refractivity contribution in [1.29, 1.82) is 0 Å². The van der Waals surface area contributed by atoms with Crippen LogP contribution in [0.5, 0.6) is 5.75 Å². The minimum Gasteiger partial charge on any atom is -0.497 e. The molecule has 0 unspecified atom stereocenters. The molecule has 4 heteroatoms. The summed E-state index contributed by atoms with van der Waals surface area (Å²) in [7, 11) is 1.70. The van der Waals surface area contributed by atoms with Crippen LogP contribution in [0.2, 0.25) is 0 Å². The lowest BCUT2D eigenvalue weighted by Gasteiger charge is -2.27. The molecule has 1 aliphatic carbocycles. The molecule has 0 saturated heterocycles. The van der Waals surface area contributed by atoms with Crippen LogP contribution in [0.25, 0.3) is 0 Å². The van der Waals surface area contributed by atoms with E-state index < -0.39 is 0 Å². The van der Waals surface area contributed by atoms with Gasteiger partial charge in [0.25, 0.3) is 0 Å². The van der Waals surface area contributed by atoms with Gasteiger partial charge in [-0.15, -0.1) is 11.6 Å². The Bertz CT molecular complexity index is 405. The van der Waals surface area contributed by atoms with Gasteiger partial charge >= 0.3 is 0 Å². The summed E-state index contributed by atoms with van der Waals surface area (Å²) >= 11 is 5.94. The molecular weight excluding hydrogens is 260 g/mol. The number of alkyl halides is 1. The van der Waals surface area contributed by atoms with E-state index in [1.54, 1.807) is 7.11 Å². The lowest BCUT2D eigenvalue weighted by atomic mass is 10.2. The quantitative estimate of drug-likeness (QED) is 0.748. The summed E-state index contributed by atoms with van der Waals surface area (Å²) in [5.74, 6) is 1.57. The second-order valence-corrected chi connectivity index (χ2v) is 5.62. The van der Waals surface area contributed by atoms with E-state index in [4.69, 9.17) is 16.3 Å². The first-order valence-corrected chi connectivity index (χ1v) is 7.58. The molecule has 2 rings (SSSR count). The number of aromatic nitrogens is 1. The van der Waals surface area contributed by atoms with Gasteiger partial charge in [0.05, 0.1) is 12.8 Å². The van der Waals surface area contributed by atoms with Crippen LogP contribution in [-0.2, 0) is 6.54 Å². The van der Waals surface area contributed by atoms with Crippen LogP contribution in [0.4, 0.5) is 0 Å². The molecule has 0 spiro atoms. The monoisotopic (exact) mass is 282 g/mol. The maximum absolute atomic E-state index is 5.94. The number of rotatable bonds is 6. The van der Waals surface area contributed by atoms with Gasteiger partial charge in [0.15, 0.2) is 0 Å². The molecule has 0 bridgehead atoms. The van der Waals surface area contributed by atoms with E-state index in [9.17, 15) is 0 Å². The van der Waals surface area contributed by atoms with E-state index in [2.05, 4.69) is 9.88 Å². The van der Waals surface area contributed by atoms with E-state index in [1.165, 1.54) is 25.7 Å². The van der Waals surface area contributed by atoms with Crippen LogP contribution < -0.4 is 4.74 Å². The zero-order valence-electron chi connectivity index (χ0n) is 11.9. The van der Waals surface area contributed by atoms with Crippen LogP contribution in [0.15, 0.2) is 12.1 Å². The minimum absolute atomic E-state index is 0.673. The SMILES string of the molecule is COc1cc(C)nc(CN(CCCl)C2CCCC2)c1. The van der Waals surface area contributed by atoms with Gasteiger partial charge in [-0.3, -0.25) is 9.88 Å². The first-order valence-electron chi connectivity index (χ1n) is 7.04. The maximum Gasteiger partial charge on any atom is 0.122 e. The normalized spacial score (nSPS) is 16.2. The minimum atomic E-state index is 0.673. The number of ether oxygens (including phenoxy) is 1. The molecule has 0 radical (unpaired) electrons. The molecule has 1 aromatic heterocycles. The third-order valence-electron chi connectivity index (χ3n) is 3.79. The molecule has 0 aliphatic heterocycles. The van der Waals surface area contributed by atoms with Crippen LogP contribution in [0.1, 0.15) is 37.1 Å². The molecule has 19 heavy (non-hydrogen) atoms. The zero-order chi connectivity index (χ0) is 13.7. The third-order valence-corrected chi connectivity index (χ3v) is 3.96. The Labute approximate surface area is 120 Å². The van der Waals surface area contributed by atoms with E-state index in [0.29, 0.717) is 11.9 Å². The fourth-order valence-corrected chi connectivity index (χ4v) is 3.10. The van der Waals surface area contributed by atoms with Crippen molar-refractivity contribution in [3.8, 4) is 5.75 Å². The Kier molecular flexibility index (Phi) is 5.46. The molecule has 0 atom stereocenters. The van der Waals surface area contributed by atoms with Crippen molar-refractivity contribution in [3.63, 3.8) is 0 Å². The van der Waals surface area contributed by atoms with Crippen molar-refractivity contribution in [2.45, 2.75) is 45.2 Å². The van der Waals surface area contributed by atoms with Gasteiger partial charge < -0.3 is 4.74 Å². The zero-order valence-corrected chi connectivity index (χ0v) is 12.6. The molecule has 0 aromatic carbocycles. The molecule has 1 fully saturated rings. The summed E-state index contributed by atoms with van der Waals surface area (Å²) in [5, 5.41) is 0. The Morgan fingerprint density at radius 1 is 1.37 bits per heavy atom. The number of hydrogen-bond acceptors (Lipinski definition) is 3. The van der Waals surface area contributed by atoms with Crippen molar-refractivity contribution in [1.82, 2.24) is 9.88 Å². The fraction of sp³-hybridized carbons (Fsp3) is 0.667.